The van der Waals surface area contributed by atoms with Crippen molar-refractivity contribution in [3.05, 3.63) is 29.3 Å². The highest BCUT2D eigenvalue weighted by atomic mass is 16.2. The van der Waals surface area contributed by atoms with Crippen LogP contribution in [0.15, 0.2) is 18.2 Å². The maximum absolute atomic E-state index is 12.7. The minimum Gasteiger partial charge on any atom is -0.399 e. The number of carbonyl (C=O) groups excluding carboxylic acids is 2. The van der Waals surface area contributed by atoms with E-state index in [2.05, 4.69) is 0 Å². The number of nitrogens with two attached hydrogens (primary N) is 1. The Morgan fingerprint density at radius 1 is 1.04 bits per heavy atom. The van der Waals surface area contributed by atoms with Crippen LogP contribution in [0.1, 0.15) is 60.9 Å². The molecule has 0 bridgehead atoms. The normalized spacial score (nSPS) is 18.8. The van der Waals surface area contributed by atoms with E-state index in [0.717, 1.165) is 17.9 Å². The fraction of sp³-hybridized carbons (Fsp3) is 0.619. The maximum Gasteiger partial charge on any atom is 0.254 e. The topological polar surface area (TPSA) is 66.6 Å². The molecule has 1 saturated carbocycles. The number of hydrogen-bond donors (Lipinski definition) is 1. The quantitative estimate of drug-likeness (QED) is 0.842. The van der Waals surface area contributed by atoms with Gasteiger partial charge in [0, 0.05) is 43.9 Å². The molecular formula is C21H31N3O2. The smallest absolute Gasteiger partial charge is 0.254 e. The first kappa shape index (κ1) is 18.7. The number of carbonyl (C=O) groups is 2. The summed E-state index contributed by atoms with van der Waals surface area (Å²) in [5.74, 6) is 1.01. The molecule has 2 aliphatic rings. The van der Waals surface area contributed by atoms with Crippen LogP contribution in [0.4, 0.5) is 5.69 Å². The average Bonchev–Trinajstić information content (AvgIpc) is 2.68. The van der Waals surface area contributed by atoms with E-state index in [1.165, 1.54) is 32.1 Å². The number of anilines is 1. The lowest BCUT2D eigenvalue weighted by Crippen LogP contribution is -2.50. The van der Waals surface area contributed by atoms with Gasteiger partial charge in [-0.25, -0.2) is 0 Å². The summed E-state index contributed by atoms with van der Waals surface area (Å²) in [7, 11) is 0. The number of nitrogens with zero attached hydrogens (tertiary/aromatic N) is 2. The standard InChI is InChI=1S/C21H31N3O2/c1-16-7-9-18(22)15-19(16)21(26)24-13-11-23(12-14-24)20(25)10-8-17-5-3-2-4-6-17/h7,9,15,17H,2-6,8,10-14,22H2,1H3. The summed E-state index contributed by atoms with van der Waals surface area (Å²) in [6, 6.07) is 5.45. The number of aryl methyl sites for hydroxylation is 1. The molecular weight excluding hydrogens is 326 g/mol. The van der Waals surface area contributed by atoms with Crippen molar-refractivity contribution in [2.75, 3.05) is 31.9 Å². The lowest BCUT2D eigenvalue weighted by Gasteiger charge is -2.35. The SMILES string of the molecule is Cc1ccc(N)cc1C(=O)N1CCN(C(=O)CCC2CCCCC2)CC1. The van der Waals surface area contributed by atoms with Gasteiger partial charge in [0.2, 0.25) is 5.91 Å². The second-order valence-corrected chi connectivity index (χ2v) is 7.79. The Balaban J connectivity index is 1.48. The lowest BCUT2D eigenvalue weighted by molar-refractivity contribution is -0.133. The van der Waals surface area contributed by atoms with Crippen molar-refractivity contribution in [3.63, 3.8) is 0 Å². The van der Waals surface area contributed by atoms with Gasteiger partial charge in [-0.3, -0.25) is 9.59 Å². The number of benzene rings is 1. The van der Waals surface area contributed by atoms with Crippen molar-refractivity contribution in [2.24, 2.45) is 5.92 Å². The Bertz CT molecular complexity index is 645. The van der Waals surface area contributed by atoms with Gasteiger partial charge >= 0.3 is 0 Å². The Morgan fingerprint density at radius 2 is 1.69 bits per heavy atom. The second-order valence-electron chi connectivity index (χ2n) is 7.79. The van der Waals surface area contributed by atoms with Gasteiger partial charge in [-0.05, 0) is 37.0 Å². The van der Waals surface area contributed by atoms with Crippen LogP contribution in [-0.2, 0) is 4.79 Å². The lowest BCUT2D eigenvalue weighted by atomic mass is 9.86. The van der Waals surface area contributed by atoms with E-state index in [9.17, 15) is 9.59 Å². The average molecular weight is 357 g/mol. The van der Waals surface area contributed by atoms with Crippen molar-refractivity contribution in [3.8, 4) is 0 Å². The number of hydrogen-bond acceptors (Lipinski definition) is 3. The number of rotatable bonds is 4. The van der Waals surface area contributed by atoms with E-state index in [1.807, 2.05) is 28.9 Å². The van der Waals surface area contributed by atoms with Crippen molar-refractivity contribution in [2.45, 2.75) is 51.9 Å². The summed E-state index contributed by atoms with van der Waals surface area (Å²) in [6.07, 6.45) is 8.26. The van der Waals surface area contributed by atoms with Crippen LogP contribution in [0.5, 0.6) is 0 Å². The maximum atomic E-state index is 12.7. The highest BCUT2D eigenvalue weighted by Gasteiger charge is 2.26. The molecule has 5 heteroatoms. The molecule has 0 spiro atoms. The first-order valence-corrected chi connectivity index (χ1v) is 9.98. The molecule has 5 nitrogen and oxygen atoms in total. The van der Waals surface area contributed by atoms with Gasteiger partial charge in [0.15, 0.2) is 0 Å². The fourth-order valence-corrected chi connectivity index (χ4v) is 4.16. The van der Waals surface area contributed by atoms with Crippen molar-refractivity contribution in [1.82, 2.24) is 9.80 Å². The number of piperazine rings is 1. The monoisotopic (exact) mass is 357 g/mol. The summed E-state index contributed by atoms with van der Waals surface area (Å²) in [6.45, 7) is 4.40. The van der Waals surface area contributed by atoms with E-state index < -0.39 is 0 Å². The Kier molecular flexibility index (Phi) is 6.17. The first-order valence-electron chi connectivity index (χ1n) is 9.98. The van der Waals surface area contributed by atoms with E-state index in [4.69, 9.17) is 5.73 Å². The van der Waals surface area contributed by atoms with E-state index >= 15 is 0 Å². The summed E-state index contributed by atoms with van der Waals surface area (Å²) in [5.41, 5.74) is 8.04. The molecule has 142 valence electrons. The van der Waals surface area contributed by atoms with E-state index in [1.54, 1.807) is 6.07 Å². The molecule has 1 aliphatic carbocycles. The van der Waals surface area contributed by atoms with Crippen molar-refractivity contribution in [1.29, 1.82) is 0 Å². The van der Waals surface area contributed by atoms with Crippen molar-refractivity contribution < 1.29 is 9.59 Å². The molecule has 1 aromatic carbocycles. The van der Waals surface area contributed by atoms with Crippen LogP contribution in [0.3, 0.4) is 0 Å². The van der Waals surface area contributed by atoms with Gasteiger partial charge in [-0.15, -0.1) is 0 Å². The van der Waals surface area contributed by atoms with Crippen LogP contribution in [0.2, 0.25) is 0 Å². The van der Waals surface area contributed by atoms with Gasteiger partial charge in [0.05, 0.1) is 0 Å². The highest BCUT2D eigenvalue weighted by Crippen LogP contribution is 2.27. The zero-order valence-electron chi connectivity index (χ0n) is 15.9. The molecule has 2 fully saturated rings. The molecule has 0 radical (unpaired) electrons. The van der Waals surface area contributed by atoms with Gasteiger partial charge in [-0.1, -0.05) is 38.2 Å². The van der Waals surface area contributed by atoms with Gasteiger partial charge in [0.1, 0.15) is 0 Å². The summed E-state index contributed by atoms with van der Waals surface area (Å²) in [5, 5.41) is 0. The molecule has 3 rings (SSSR count). The van der Waals surface area contributed by atoms with E-state index in [-0.39, 0.29) is 11.8 Å². The highest BCUT2D eigenvalue weighted by molar-refractivity contribution is 5.96. The predicted molar refractivity (Wildman–Crippen MR) is 104 cm³/mol. The molecule has 2 amide bonds. The third-order valence-corrected chi connectivity index (χ3v) is 5.90. The van der Waals surface area contributed by atoms with Crippen LogP contribution < -0.4 is 5.73 Å². The fourth-order valence-electron chi connectivity index (χ4n) is 4.16. The molecule has 0 unspecified atom stereocenters. The summed E-state index contributed by atoms with van der Waals surface area (Å²) < 4.78 is 0. The molecule has 0 atom stereocenters. The van der Waals surface area contributed by atoms with Crippen LogP contribution in [0, 0.1) is 12.8 Å². The number of amides is 2. The molecule has 1 saturated heterocycles. The second kappa shape index (κ2) is 8.56. The third kappa shape index (κ3) is 4.57. The van der Waals surface area contributed by atoms with Crippen LogP contribution >= 0.6 is 0 Å². The molecule has 26 heavy (non-hydrogen) atoms. The van der Waals surface area contributed by atoms with Crippen LogP contribution in [0.25, 0.3) is 0 Å². The molecule has 0 aromatic heterocycles. The minimum absolute atomic E-state index is 0.0177. The van der Waals surface area contributed by atoms with Gasteiger partial charge < -0.3 is 15.5 Å². The first-order chi connectivity index (χ1) is 12.5. The minimum atomic E-state index is 0.0177. The summed E-state index contributed by atoms with van der Waals surface area (Å²) in [4.78, 5) is 29.0. The molecule has 1 aromatic rings. The zero-order chi connectivity index (χ0) is 18.5. The number of nitrogen functional groups attached to an aromatic ring is 1. The largest absolute Gasteiger partial charge is 0.399 e. The van der Waals surface area contributed by atoms with Crippen LogP contribution in [-0.4, -0.2) is 47.8 Å². The molecule has 1 heterocycles. The third-order valence-electron chi connectivity index (χ3n) is 5.90. The Morgan fingerprint density at radius 3 is 2.38 bits per heavy atom. The Hall–Kier alpha value is -2.04. The zero-order valence-corrected chi connectivity index (χ0v) is 15.9. The Labute approximate surface area is 156 Å². The summed E-state index contributed by atoms with van der Waals surface area (Å²) >= 11 is 0. The molecule has 1 aliphatic heterocycles. The molecule has 2 N–H and O–H groups in total. The van der Waals surface area contributed by atoms with Gasteiger partial charge in [-0.2, -0.15) is 0 Å². The van der Waals surface area contributed by atoms with Crippen molar-refractivity contribution >= 4 is 17.5 Å². The van der Waals surface area contributed by atoms with Gasteiger partial charge in [0.25, 0.3) is 5.91 Å². The van der Waals surface area contributed by atoms with E-state index in [0.29, 0.717) is 43.9 Å². The predicted octanol–water partition coefficient (Wildman–Crippen LogP) is 3.22.